The minimum absolute atomic E-state index is 0.0272. The third kappa shape index (κ3) is 4.65. The molecule has 0 spiro atoms. The van der Waals surface area contributed by atoms with Gasteiger partial charge in [-0.3, -0.25) is 14.9 Å². The van der Waals surface area contributed by atoms with Gasteiger partial charge in [0.05, 0.1) is 0 Å². The van der Waals surface area contributed by atoms with Crippen LogP contribution in [-0.2, 0) is 9.59 Å². The van der Waals surface area contributed by atoms with Crippen molar-refractivity contribution in [2.24, 2.45) is 11.3 Å². The van der Waals surface area contributed by atoms with Gasteiger partial charge in [-0.05, 0) is 16.6 Å². The van der Waals surface area contributed by atoms with Crippen molar-refractivity contribution in [1.29, 1.82) is 0 Å². The van der Waals surface area contributed by atoms with Crippen LogP contribution < -0.4 is 5.32 Å². The van der Waals surface area contributed by atoms with Crippen molar-refractivity contribution in [3.8, 4) is 0 Å². The first-order valence-corrected chi connectivity index (χ1v) is 6.77. The standard InChI is InChI=1S/C17H23NO2/c1-6-13(9-7-8-12(2)17(3,4)5)14-10-15(19)18-16(20)11-14/h6-9,14H,1-2,10-11H2,3-5H3,(H,18,19,20)/b8-7-,13-9+. The Morgan fingerprint density at radius 1 is 1.25 bits per heavy atom. The van der Waals surface area contributed by atoms with Crippen LogP contribution in [0.3, 0.4) is 0 Å². The van der Waals surface area contributed by atoms with Crippen LogP contribution in [0.5, 0.6) is 0 Å². The number of imide groups is 1. The fraction of sp³-hybridized carbons (Fsp3) is 0.412. The molecule has 3 heteroatoms. The molecule has 0 aromatic rings. The number of carbonyl (C=O) groups is 2. The SMILES string of the molecule is C=C/C(=C\C=C/C(=C)C(C)(C)C)C1CC(=O)NC(=O)C1. The van der Waals surface area contributed by atoms with Gasteiger partial charge in [0.1, 0.15) is 0 Å². The van der Waals surface area contributed by atoms with Gasteiger partial charge >= 0.3 is 0 Å². The van der Waals surface area contributed by atoms with Gasteiger partial charge < -0.3 is 0 Å². The van der Waals surface area contributed by atoms with Crippen LogP contribution in [0.4, 0.5) is 0 Å². The van der Waals surface area contributed by atoms with Gasteiger partial charge in [0.15, 0.2) is 0 Å². The minimum atomic E-state index is -0.220. The summed E-state index contributed by atoms with van der Waals surface area (Å²) >= 11 is 0. The van der Waals surface area contributed by atoms with Gasteiger partial charge in [-0.2, -0.15) is 0 Å². The normalized spacial score (nSPS) is 18.2. The fourth-order valence-electron chi connectivity index (χ4n) is 1.91. The summed E-state index contributed by atoms with van der Waals surface area (Å²) in [6.45, 7) is 14.1. The first-order chi connectivity index (χ1) is 9.24. The number of piperidine rings is 1. The molecule has 0 saturated carbocycles. The van der Waals surface area contributed by atoms with Gasteiger partial charge in [-0.1, -0.05) is 58.2 Å². The van der Waals surface area contributed by atoms with Crippen LogP contribution in [-0.4, -0.2) is 11.8 Å². The fourth-order valence-corrected chi connectivity index (χ4v) is 1.91. The molecule has 1 N–H and O–H groups in total. The summed E-state index contributed by atoms with van der Waals surface area (Å²) in [6, 6.07) is 0. The van der Waals surface area contributed by atoms with Gasteiger partial charge in [0.2, 0.25) is 11.8 Å². The molecule has 0 radical (unpaired) electrons. The van der Waals surface area contributed by atoms with Crippen molar-refractivity contribution < 1.29 is 9.59 Å². The van der Waals surface area contributed by atoms with Crippen molar-refractivity contribution in [2.75, 3.05) is 0 Å². The molecule has 2 amide bonds. The van der Waals surface area contributed by atoms with Crippen molar-refractivity contribution in [3.63, 3.8) is 0 Å². The zero-order chi connectivity index (χ0) is 15.3. The highest BCUT2D eigenvalue weighted by Crippen LogP contribution is 2.26. The number of hydrogen-bond donors (Lipinski definition) is 1. The smallest absolute Gasteiger partial charge is 0.227 e. The van der Waals surface area contributed by atoms with E-state index in [0.717, 1.165) is 11.1 Å². The third-order valence-electron chi connectivity index (χ3n) is 3.40. The minimum Gasteiger partial charge on any atom is -0.296 e. The lowest BCUT2D eigenvalue weighted by Gasteiger charge is -2.21. The molecule has 1 saturated heterocycles. The average molecular weight is 273 g/mol. The number of nitrogens with one attached hydrogen (secondary N) is 1. The van der Waals surface area contributed by atoms with Gasteiger partial charge in [-0.25, -0.2) is 0 Å². The molecule has 0 unspecified atom stereocenters. The predicted octanol–water partition coefficient (Wildman–Crippen LogP) is 3.31. The maximum Gasteiger partial charge on any atom is 0.227 e. The Labute approximate surface area is 121 Å². The lowest BCUT2D eigenvalue weighted by atomic mass is 9.86. The van der Waals surface area contributed by atoms with Crippen LogP contribution >= 0.6 is 0 Å². The number of hydrogen-bond acceptors (Lipinski definition) is 2. The van der Waals surface area contributed by atoms with E-state index in [4.69, 9.17) is 0 Å². The largest absolute Gasteiger partial charge is 0.296 e. The highest BCUT2D eigenvalue weighted by molar-refractivity contribution is 5.98. The molecule has 1 fully saturated rings. The van der Waals surface area contributed by atoms with E-state index < -0.39 is 0 Å². The highest BCUT2D eigenvalue weighted by atomic mass is 16.2. The summed E-state index contributed by atoms with van der Waals surface area (Å²) in [5, 5.41) is 2.31. The van der Waals surface area contributed by atoms with E-state index in [9.17, 15) is 9.59 Å². The van der Waals surface area contributed by atoms with Crippen LogP contribution in [0.15, 0.2) is 48.6 Å². The van der Waals surface area contributed by atoms with Gasteiger partial charge in [-0.15, -0.1) is 0 Å². The number of carbonyl (C=O) groups excluding carboxylic acids is 2. The van der Waals surface area contributed by atoms with E-state index in [-0.39, 0.29) is 23.1 Å². The highest BCUT2D eigenvalue weighted by Gasteiger charge is 2.26. The number of allylic oxidation sites excluding steroid dienone is 6. The zero-order valence-corrected chi connectivity index (χ0v) is 12.5. The van der Waals surface area contributed by atoms with Crippen LogP contribution in [0.25, 0.3) is 0 Å². The predicted molar refractivity (Wildman–Crippen MR) is 81.9 cm³/mol. The molecular weight excluding hydrogens is 250 g/mol. The van der Waals surface area contributed by atoms with E-state index in [2.05, 4.69) is 39.2 Å². The molecule has 20 heavy (non-hydrogen) atoms. The summed E-state index contributed by atoms with van der Waals surface area (Å²) in [5.41, 5.74) is 1.96. The molecule has 3 nitrogen and oxygen atoms in total. The molecule has 0 aromatic carbocycles. The Kier molecular flexibility index (Phi) is 5.26. The van der Waals surface area contributed by atoms with E-state index >= 15 is 0 Å². The summed E-state index contributed by atoms with van der Waals surface area (Å²) < 4.78 is 0. The van der Waals surface area contributed by atoms with Crippen molar-refractivity contribution in [2.45, 2.75) is 33.6 Å². The van der Waals surface area contributed by atoms with Crippen molar-refractivity contribution in [1.82, 2.24) is 5.32 Å². The monoisotopic (exact) mass is 273 g/mol. The maximum atomic E-state index is 11.4. The molecule has 0 aliphatic carbocycles. The Morgan fingerprint density at radius 2 is 1.80 bits per heavy atom. The molecule has 0 aromatic heterocycles. The molecule has 108 valence electrons. The first-order valence-electron chi connectivity index (χ1n) is 6.77. The molecule has 0 bridgehead atoms. The molecule has 0 atom stereocenters. The second-order valence-electron chi connectivity index (χ2n) is 6.08. The summed E-state index contributed by atoms with van der Waals surface area (Å²) in [5.74, 6) is -0.523. The topological polar surface area (TPSA) is 46.2 Å². The van der Waals surface area contributed by atoms with Gasteiger partial charge in [0.25, 0.3) is 0 Å². The third-order valence-corrected chi connectivity index (χ3v) is 3.40. The molecule has 1 rings (SSSR count). The molecule has 1 aliphatic rings. The Bertz CT molecular complexity index is 474. The average Bonchev–Trinajstić information content (AvgIpc) is 2.31. The van der Waals surface area contributed by atoms with Crippen LogP contribution in [0.1, 0.15) is 33.6 Å². The second kappa shape index (κ2) is 6.51. The van der Waals surface area contributed by atoms with E-state index in [0.29, 0.717) is 12.8 Å². The Balaban J connectivity index is 2.80. The van der Waals surface area contributed by atoms with Gasteiger partial charge in [0, 0.05) is 18.8 Å². The quantitative estimate of drug-likeness (QED) is 0.631. The second-order valence-corrected chi connectivity index (χ2v) is 6.08. The molecule has 1 heterocycles. The Hall–Kier alpha value is -1.90. The summed E-state index contributed by atoms with van der Waals surface area (Å²) in [7, 11) is 0. The van der Waals surface area contributed by atoms with E-state index in [1.807, 2.05) is 18.2 Å². The molecule has 1 aliphatic heterocycles. The van der Waals surface area contributed by atoms with E-state index in [1.54, 1.807) is 6.08 Å². The Morgan fingerprint density at radius 3 is 2.25 bits per heavy atom. The summed E-state index contributed by atoms with van der Waals surface area (Å²) in [6.07, 6.45) is 8.13. The van der Waals surface area contributed by atoms with Crippen LogP contribution in [0.2, 0.25) is 0 Å². The van der Waals surface area contributed by atoms with Crippen molar-refractivity contribution >= 4 is 11.8 Å². The zero-order valence-electron chi connectivity index (χ0n) is 12.5. The molecular formula is C17H23NO2. The maximum absolute atomic E-state index is 11.4. The van der Waals surface area contributed by atoms with E-state index in [1.165, 1.54) is 0 Å². The van der Waals surface area contributed by atoms with Crippen molar-refractivity contribution in [3.05, 3.63) is 48.6 Å². The first kappa shape index (κ1) is 16.2. The number of rotatable bonds is 4. The van der Waals surface area contributed by atoms with Crippen LogP contribution in [0, 0.1) is 11.3 Å². The lowest BCUT2D eigenvalue weighted by Crippen LogP contribution is -2.38. The lowest BCUT2D eigenvalue weighted by molar-refractivity contribution is -0.134. The number of amides is 2. The summed E-state index contributed by atoms with van der Waals surface area (Å²) in [4.78, 5) is 22.8.